The quantitative estimate of drug-likeness (QED) is 0.642. The minimum atomic E-state index is 0.838. The number of rotatable bonds is 7. The SMILES string of the molecule is CCCNC(CC1CCCCCC1)CC1CC1. The van der Waals surface area contributed by atoms with E-state index in [4.69, 9.17) is 0 Å². The summed E-state index contributed by atoms with van der Waals surface area (Å²) in [5, 5.41) is 3.81. The monoisotopic (exact) mass is 237 g/mol. The van der Waals surface area contributed by atoms with Gasteiger partial charge in [-0.2, -0.15) is 0 Å². The molecular weight excluding hydrogens is 206 g/mol. The maximum absolute atomic E-state index is 3.81. The van der Waals surface area contributed by atoms with E-state index in [0.29, 0.717) is 0 Å². The lowest BCUT2D eigenvalue weighted by atomic mass is 9.90. The first kappa shape index (κ1) is 13.4. The van der Waals surface area contributed by atoms with E-state index in [1.807, 2.05) is 0 Å². The summed E-state index contributed by atoms with van der Waals surface area (Å²) in [6.45, 7) is 3.51. The molecule has 100 valence electrons. The molecule has 2 rings (SSSR count). The normalized spacial score (nSPS) is 24.5. The van der Waals surface area contributed by atoms with Gasteiger partial charge in [-0.25, -0.2) is 0 Å². The van der Waals surface area contributed by atoms with Crippen molar-refractivity contribution in [1.29, 1.82) is 0 Å². The third-order valence-electron chi connectivity index (χ3n) is 4.59. The molecule has 1 heteroatoms. The summed E-state index contributed by atoms with van der Waals surface area (Å²) in [6, 6.07) is 0.838. The van der Waals surface area contributed by atoms with Crippen LogP contribution < -0.4 is 5.32 Å². The van der Waals surface area contributed by atoms with Crippen LogP contribution in [0.25, 0.3) is 0 Å². The van der Waals surface area contributed by atoms with Crippen LogP contribution in [0.15, 0.2) is 0 Å². The van der Waals surface area contributed by atoms with Gasteiger partial charge in [0.05, 0.1) is 0 Å². The highest BCUT2D eigenvalue weighted by Gasteiger charge is 2.26. The zero-order valence-corrected chi connectivity index (χ0v) is 11.7. The minimum Gasteiger partial charge on any atom is -0.314 e. The zero-order chi connectivity index (χ0) is 11.9. The number of hydrogen-bond acceptors (Lipinski definition) is 1. The molecule has 0 aromatic heterocycles. The molecule has 17 heavy (non-hydrogen) atoms. The molecule has 0 spiro atoms. The third-order valence-corrected chi connectivity index (χ3v) is 4.59. The van der Waals surface area contributed by atoms with Gasteiger partial charge in [0, 0.05) is 6.04 Å². The highest BCUT2D eigenvalue weighted by atomic mass is 14.9. The van der Waals surface area contributed by atoms with Gasteiger partial charge in [-0.15, -0.1) is 0 Å². The van der Waals surface area contributed by atoms with Gasteiger partial charge >= 0.3 is 0 Å². The molecule has 2 fully saturated rings. The van der Waals surface area contributed by atoms with Crippen LogP contribution in [0.1, 0.15) is 77.6 Å². The summed E-state index contributed by atoms with van der Waals surface area (Å²) < 4.78 is 0. The molecule has 1 N–H and O–H groups in total. The van der Waals surface area contributed by atoms with Crippen molar-refractivity contribution < 1.29 is 0 Å². The van der Waals surface area contributed by atoms with Crippen LogP contribution in [0.3, 0.4) is 0 Å². The van der Waals surface area contributed by atoms with Gasteiger partial charge in [-0.05, 0) is 37.6 Å². The molecule has 1 nitrogen and oxygen atoms in total. The molecule has 0 bridgehead atoms. The Morgan fingerprint density at radius 3 is 2.00 bits per heavy atom. The van der Waals surface area contributed by atoms with Crippen LogP contribution in [-0.4, -0.2) is 12.6 Å². The highest BCUT2D eigenvalue weighted by Crippen LogP contribution is 2.36. The first-order valence-corrected chi connectivity index (χ1v) is 8.12. The molecule has 0 radical (unpaired) electrons. The summed E-state index contributed by atoms with van der Waals surface area (Å²) in [4.78, 5) is 0. The number of hydrogen-bond donors (Lipinski definition) is 1. The van der Waals surface area contributed by atoms with Crippen LogP contribution in [0.2, 0.25) is 0 Å². The Morgan fingerprint density at radius 1 is 0.882 bits per heavy atom. The van der Waals surface area contributed by atoms with E-state index in [9.17, 15) is 0 Å². The first-order chi connectivity index (χ1) is 8.38. The lowest BCUT2D eigenvalue weighted by molar-refractivity contribution is 0.331. The molecule has 0 saturated heterocycles. The van der Waals surface area contributed by atoms with Crippen LogP contribution in [-0.2, 0) is 0 Å². The predicted molar refractivity (Wildman–Crippen MR) is 75.2 cm³/mol. The van der Waals surface area contributed by atoms with Gasteiger partial charge in [0.2, 0.25) is 0 Å². The van der Waals surface area contributed by atoms with Crippen LogP contribution in [0.4, 0.5) is 0 Å². The lowest BCUT2D eigenvalue weighted by Gasteiger charge is -2.23. The van der Waals surface area contributed by atoms with Crippen molar-refractivity contribution in [2.24, 2.45) is 11.8 Å². The number of nitrogens with one attached hydrogen (secondary N) is 1. The average Bonchev–Trinajstić information content (AvgIpc) is 3.13. The van der Waals surface area contributed by atoms with E-state index in [1.165, 1.54) is 77.2 Å². The fraction of sp³-hybridized carbons (Fsp3) is 1.00. The van der Waals surface area contributed by atoms with Crippen LogP contribution in [0.5, 0.6) is 0 Å². The van der Waals surface area contributed by atoms with Gasteiger partial charge in [0.15, 0.2) is 0 Å². The second kappa shape index (κ2) is 7.41. The lowest BCUT2D eigenvalue weighted by Crippen LogP contribution is -2.32. The smallest absolute Gasteiger partial charge is 0.00723 e. The zero-order valence-electron chi connectivity index (χ0n) is 11.7. The van der Waals surface area contributed by atoms with E-state index in [1.54, 1.807) is 0 Å². The van der Waals surface area contributed by atoms with Crippen molar-refractivity contribution in [1.82, 2.24) is 5.32 Å². The maximum Gasteiger partial charge on any atom is 0.00723 e. The molecular formula is C16H31N. The molecule has 1 unspecified atom stereocenters. The van der Waals surface area contributed by atoms with Crippen molar-refractivity contribution in [2.75, 3.05) is 6.54 Å². The van der Waals surface area contributed by atoms with E-state index < -0.39 is 0 Å². The van der Waals surface area contributed by atoms with Gasteiger partial charge in [-0.1, -0.05) is 58.3 Å². The fourth-order valence-corrected chi connectivity index (χ4v) is 3.37. The molecule has 0 aromatic carbocycles. The molecule has 0 heterocycles. The van der Waals surface area contributed by atoms with Crippen LogP contribution in [0, 0.1) is 11.8 Å². The van der Waals surface area contributed by atoms with E-state index in [2.05, 4.69) is 12.2 Å². The largest absolute Gasteiger partial charge is 0.314 e. The van der Waals surface area contributed by atoms with Crippen molar-refractivity contribution in [3.8, 4) is 0 Å². The Kier molecular flexibility index (Phi) is 5.84. The second-order valence-electron chi connectivity index (χ2n) is 6.42. The minimum absolute atomic E-state index is 0.838. The van der Waals surface area contributed by atoms with Crippen molar-refractivity contribution in [3.63, 3.8) is 0 Å². The second-order valence-corrected chi connectivity index (χ2v) is 6.42. The molecule has 0 amide bonds. The maximum atomic E-state index is 3.81. The van der Waals surface area contributed by atoms with Crippen LogP contribution >= 0.6 is 0 Å². The predicted octanol–water partition coefficient (Wildman–Crippen LogP) is 4.52. The molecule has 2 saturated carbocycles. The van der Waals surface area contributed by atoms with E-state index in [-0.39, 0.29) is 0 Å². The molecule has 2 aliphatic rings. The fourth-order valence-electron chi connectivity index (χ4n) is 3.37. The van der Waals surface area contributed by atoms with E-state index >= 15 is 0 Å². The Hall–Kier alpha value is -0.0400. The van der Waals surface area contributed by atoms with Crippen molar-refractivity contribution in [2.45, 2.75) is 83.6 Å². The Morgan fingerprint density at radius 2 is 1.47 bits per heavy atom. The Balaban J connectivity index is 1.72. The van der Waals surface area contributed by atoms with E-state index in [0.717, 1.165) is 17.9 Å². The molecule has 1 atom stereocenters. The third kappa shape index (κ3) is 5.42. The summed E-state index contributed by atoms with van der Waals surface area (Å²) in [7, 11) is 0. The van der Waals surface area contributed by atoms with Gasteiger partial charge in [-0.3, -0.25) is 0 Å². The van der Waals surface area contributed by atoms with Gasteiger partial charge in [0.1, 0.15) is 0 Å². The molecule has 2 aliphatic carbocycles. The van der Waals surface area contributed by atoms with Crippen molar-refractivity contribution >= 4 is 0 Å². The van der Waals surface area contributed by atoms with Gasteiger partial charge < -0.3 is 5.32 Å². The molecule has 0 aliphatic heterocycles. The molecule has 0 aromatic rings. The highest BCUT2D eigenvalue weighted by molar-refractivity contribution is 4.82. The Bertz CT molecular complexity index is 190. The standard InChI is InChI=1S/C16H31N/c1-2-11-17-16(13-15-9-10-15)12-14-7-5-3-4-6-8-14/h14-17H,2-13H2,1H3. The Labute approximate surface area is 108 Å². The average molecular weight is 237 g/mol. The summed E-state index contributed by atoms with van der Waals surface area (Å²) in [6.07, 6.45) is 16.2. The summed E-state index contributed by atoms with van der Waals surface area (Å²) >= 11 is 0. The van der Waals surface area contributed by atoms with Gasteiger partial charge in [0.25, 0.3) is 0 Å². The first-order valence-electron chi connectivity index (χ1n) is 8.12. The van der Waals surface area contributed by atoms with Crippen molar-refractivity contribution in [3.05, 3.63) is 0 Å². The summed E-state index contributed by atoms with van der Waals surface area (Å²) in [5.74, 6) is 2.11. The topological polar surface area (TPSA) is 12.0 Å². The summed E-state index contributed by atoms with van der Waals surface area (Å²) in [5.41, 5.74) is 0.